The number of halogens is 2. The van der Waals surface area contributed by atoms with E-state index >= 15 is 0 Å². The average molecular weight is 362 g/mol. The van der Waals surface area contributed by atoms with Crippen molar-refractivity contribution < 1.29 is 9.53 Å². The number of para-hydroxylation sites is 1. The summed E-state index contributed by atoms with van der Waals surface area (Å²) in [6.45, 7) is -0.157. The van der Waals surface area contributed by atoms with E-state index in [2.05, 4.69) is 10.4 Å². The van der Waals surface area contributed by atoms with Gasteiger partial charge in [-0.2, -0.15) is 5.10 Å². The van der Waals surface area contributed by atoms with Gasteiger partial charge in [-0.3, -0.25) is 4.79 Å². The van der Waals surface area contributed by atoms with Gasteiger partial charge in [0.2, 0.25) is 0 Å². The lowest BCUT2D eigenvalue weighted by Gasteiger charge is -2.07. The summed E-state index contributed by atoms with van der Waals surface area (Å²) in [7, 11) is 0. The molecule has 5 nitrogen and oxygen atoms in total. The second-order valence-corrected chi connectivity index (χ2v) is 5.71. The fourth-order valence-electron chi connectivity index (χ4n) is 2.01. The minimum atomic E-state index is -0.320. The fraction of sp³-hybridized carbons (Fsp3) is 0.0588. The summed E-state index contributed by atoms with van der Waals surface area (Å²) in [6.07, 6.45) is 1.77. The molecule has 0 spiro atoms. The number of nitrogens with zero attached hydrogens (tertiary/aromatic N) is 2. The lowest BCUT2D eigenvalue weighted by Crippen LogP contribution is -2.20. The number of aromatic nitrogens is 2. The maximum Gasteiger partial charge on any atom is 0.263 e. The standard InChI is InChI=1S/C17H13Cl2N3O2/c18-14-7-6-13(10-15(14)19)24-11-17(23)20-16-8-9-22(21-16)12-4-2-1-3-5-12/h1-10H,11H2,(H,20,21,23). The van der Waals surface area contributed by atoms with E-state index in [1.54, 1.807) is 35.1 Å². The minimum absolute atomic E-state index is 0.157. The van der Waals surface area contributed by atoms with Crippen molar-refractivity contribution in [2.45, 2.75) is 0 Å². The first-order chi connectivity index (χ1) is 11.6. The largest absolute Gasteiger partial charge is 0.484 e. The van der Waals surface area contributed by atoms with Gasteiger partial charge < -0.3 is 10.1 Å². The van der Waals surface area contributed by atoms with Crippen molar-refractivity contribution in [3.05, 3.63) is 70.8 Å². The van der Waals surface area contributed by atoms with Crippen LogP contribution in [0.25, 0.3) is 5.69 Å². The number of hydrogen-bond donors (Lipinski definition) is 1. The van der Waals surface area contributed by atoms with Crippen LogP contribution in [0.2, 0.25) is 10.0 Å². The van der Waals surface area contributed by atoms with Gasteiger partial charge in [0, 0.05) is 18.3 Å². The molecule has 3 rings (SSSR count). The number of amides is 1. The van der Waals surface area contributed by atoms with Gasteiger partial charge in [0.05, 0.1) is 15.7 Å². The highest BCUT2D eigenvalue weighted by Gasteiger charge is 2.08. The van der Waals surface area contributed by atoms with Crippen LogP contribution in [0, 0.1) is 0 Å². The molecule has 24 heavy (non-hydrogen) atoms. The molecule has 1 heterocycles. The van der Waals surface area contributed by atoms with Crippen molar-refractivity contribution in [1.82, 2.24) is 9.78 Å². The highest BCUT2D eigenvalue weighted by molar-refractivity contribution is 6.42. The van der Waals surface area contributed by atoms with Gasteiger partial charge >= 0.3 is 0 Å². The Morgan fingerprint density at radius 2 is 1.88 bits per heavy atom. The second-order valence-electron chi connectivity index (χ2n) is 4.89. The number of carbonyl (C=O) groups excluding carboxylic acids is 1. The van der Waals surface area contributed by atoms with E-state index in [1.807, 2.05) is 30.3 Å². The molecule has 0 aliphatic rings. The van der Waals surface area contributed by atoms with Gasteiger partial charge in [-0.05, 0) is 24.3 Å². The molecule has 0 saturated heterocycles. The van der Waals surface area contributed by atoms with Crippen LogP contribution in [0.4, 0.5) is 5.82 Å². The first-order valence-electron chi connectivity index (χ1n) is 7.10. The van der Waals surface area contributed by atoms with Crippen LogP contribution in [-0.2, 0) is 4.79 Å². The number of anilines is 1. The number of benzene rings is 2. The highest BCUT2D eigenvalue weighted by atomic mass is 35.5. The number of nitrogens with one attached hydrogen (secondary N) is 1. The number of carbonyl (C=O) groups is 1. The SMILES string of the molecule is O=C(COc1ccc(Cl)c(Cl)c1)Nc1ccn(-c2ccccc2)n1. The molecule has 1 amide bonds. The van der Waals surface area contributed by atoms with Crippen molar-refractivity contribution in [3.63, 3.8) is 0 Å². The Balaban J connectivity index is 1.57. The molecule has 0 saturated carbocycles. The number of hydrogen-bond acceptors (Lipinski definition) is 3. The van der Waals surface area contributed by atoms with E-state index < -0.39 is 0 Å². The predicted octanol–water partition coefficient (Wildman–Crippen LogP) is 4.20. The van der Waals surface area contributed by atoms with Crippen LogP contribution in [0.1, 0.15) is 0 Å². The molecule has 1 N–H and O–H groups in total. The monoisotopic (exact) mass is 361 g/mol. The molecule has 1 aromatic heterocycles. The first-order valence-corrected chi connectivity index (χ1v) is 7.86. The van der Waals surface area contributed by atoms with Gasteiger partial charge in [-0.1, -0.05) is 41.4 Å². The zero-order valence-corrected chi connectivity index (χ0v) is 14.0. The van der Waals surface area contributed by atoms with Crippen molar-refractivity contribution in [2.75, 3.05) is 11.9 Å². The third-order valence-corrected chi connectivity index (χ3v) is 3.88. The fourth-order valence-corrected chi connectivity index (χ4v) is 2.30. The van der Waals surface area contributed by atoms with Crippen molar-refractivity contribution >= 4 is 34.9 Å². The van der Waals surface area contributed by atoms with Crippen LogP contribution in [-0.4, -0.2) is 22.3 Å². The van der Waals surface area contributed by atoms with Crippen LogP contribution in [0.3, 0.4) is 0 Å². The average Bonchev–Trinajstić information content (AvgIpc) is 3.05. The van der Waals surface area contributed by atoms with E-state index in [9.17, 15) is 4.79 Å². The van der Waals surface area contributed by atoms with E-state index in [4.69, 9.17) is 27.9 Å². The molecule has 0 unspecified atom stereocenters. The molecule has 122 valence electrons. The zero-order valence-electron chi connectivity index (χ0n) is 12.4. The molecular formula is C17H13Cl2N3O2. The Hall–Kier alpha value is -2.50. The third-order valence-electron chi connectivity index (χ3n) is 3.14. The Bertz CT molecular complexity index is 850. The topological polar surface area (TPSA) is 56.1 Å². The lowest BCUT2D eigenvalue weighted by atomic mass is 10.3. The van der Waals surface area contributed by atoms with E-state index in [0.717, 1.165) is 5.69 Å². The number of ether oxygens (including phenoxy) is 1. The van der Waals surface area contributed by atoms with Crippen LogP contribution < -0.4 is 10.1 Å². The second kappa shape index (κ2) is 7.38. The van der Waals surface area contributed by atoms with Gasteiger partial charge in [-0.15, -0.1) is 0 Å². The maximum absolute atomic E-state index is 11.9. The molecule has 0 fully saturated rings. The van der Waals surface area contributed by atoms with Crippen LogP contribution >= 0.6 is 23.2 Å². The minimum Gasteiger partial charge on any atom is -0.484 e. The Morgan fingerprint density at radius 1 is 1.08 bits per heavy atom. The molecule has 3 aromatic rings. The normalized spacial score (nSPS) is 10.4. The molecule has 0 aliphatic carbocycles. The van der Waals surface area contributed by atoms with Crippen LogP contribution in [0.15, 0.2) is 60.8 Å². The third kappa shape index (κ3) is 4.07. The summed E-state index contributed by atoms with van der Waals surface area (Å²) < 4.78 is 7.05. The molecule has 0 atom stereocenters. The summed E-state index contributed by atoms with van der Waals surface area (Å²) in [6, 6.07) is 16.1. The molecule has 2 aromatic carbocycles. The van der Waals surface area contributed by atoms with Gasteiger partial charge in [-0.25, -0.2) is 4.68 Å². The molecule has 0 aliphatic heterocycles. The number of rotatable bonds is 5. The summed E-state index contributed by atoms with van der Waals surface area (Å²) in [5, 5.41) is 7.77. The lowest BCUT2D eigenvalue weighted by molar-refractivity contribution is -0.118. The van der Waals surface area contributed by atoms with Gasteiger partial charge in [0.1, 0.15) is 5.75 Å². The Morgan fingerprint density at radius 3 is 2.62 bits per heavy atom. The molecule has 0 radical (unpaired) electrons. The van der Waals surface area contributed by atoms with Gasteiger partial charge in [0.25, 0.3) is 5.91 Å². The molecule has 7 heteroatoms. The predicted molar refractivity (Wildman–Crippen MR) is 94.2 cm³/mol. The highest BCUT2D eigenvalue weighted by Crippen LogP contribution is 2.26. The zero-order chi connectivity index (χ0) is 16.9. The van der Waals surface area contributed by atoms with Crippen LogP contribution in [0.5, 0.6) is 5.75 Å². The first kappa shape index (κ1) is 16.4. The quantitative estimate of drug-likeness (QED) is 0.740. The summed E-state index contributed by atoms with van der Waals surface area (Å²) in [5.74, 6) is 0.593. The Kier molecular flexibility index (Phi) is 5.03. The smallest absolute Gasteiger partial charge is 0.263 e. The van der Waals surface area contributed by atoms with E-state index in [0.29, 0.717) is 21.6 Å². The van der Waals surface area contributed by atoms with Gasteiger partial charge in [0.15, 0.2) is 12.4 Å². The van der Waals surface area contributed by atoms with Crippen molar-refractivity contribution in [3.8, 4) is 11.4 Å². The Labute approximate surface area is 148 Å². The summed E-state index contributed by atoms with van der Waals surface area (Å²) >= 11 is 11.7. The van der Waals surface area contributed by atoms with Crippen molar-refractivity contribution in [2.24, 2.45) is 0 Å². The maximum atomic E-state index is 11.9. The van der Waals surface area contributed by atoms with E-state index in [1.165, 1.54) is 0 Å². The molecular weight excluding hydrogens is 349 g/mol. The molecule has 0 bridgehead atoms. The van der Waals surface area contributed by atoms with Crippen molar-refractivity contribution in [1.29, 1.82) is 0 Å². The van der Waals surface area contributed by atoms with E-state index in [-0.39, 0.29) is 12.5 Å². The summed E-state index contributed by atoms with van der Waals surface area (Å²) in [5.41, 5.74) is 0.907. The summed E-state index contributed by atoms with van der Waals surface area (Å²) in [4.78, 5) is 11.9.